The van der Waals surface area contributed by atoms with Gasteiger partial charge < -0.3 is 14.8 Å². The molecule has 0 aliphatic carbocycles. The second-order valence-corrected chi connectivity index (χ2v) is 4.70. The summed E-state index contributed by atoms with van der Waals surface area (Å²) in [5, 5.41) is 3.53. The highest BCUT2D eigenvalue weighted by atomic mass is 16.5. The van der Waals surface area contributed by atoms with Crippen LogP contribution in [0.5, 0.6) is 5.75 Å². The summed E-state index contributed by atoms with van der Waals surface area (Å²) in [5.41, 5.74) is 3.38. The van der Waals surface area contributed by atoms with E-state index in [0.717, 1.165) is 22.6 Å². The molecule has 0 saturated heterocycles. The van der Waals surface area contributed by atoms with E-state index >= 15 is 0 Å². The van der Waals surface area contributed by atoms with Crippen molar-refractivity contribution in [3.8, 4) is 5.75 Å². The number of methoxy groups -OCH3 is 2. The van der Waals surface area contributed by atoms with Gasteiger partial charge in [0, 0.05) is 23.9 Å². The average molecular weight is 271 g/mol. The summed E-state index contributed by atoms with van der Waals surface area (Å²) in [6, 6.07) is 16.4. The smallest absolute Gasteiger partial charge is 0.124 e. The summed E-state index contributed by atoms with van der Waals surface area (Å²) in [6.45, 7) is 2.73. The Morgan fingerprint density at radius 2 is 1.70 bits per heavy atom. The van der Waals surface area contributed by atoms with Gasteiger partial charge in [0.15, 0.2) is 0 Å². The van der Waals surface area contributed by atoms with Gasteiger partial charge >= 0.3 is 0 Å². The Kier molecular flexibility index (Phi) is 5.02. The summed E-state index contributed by atoms with van der Waals surface area (Å²) >= 11 is 0. The molecule has 0 amide bonds. The molecule has 0 aromatic heterocycles. The molecule has 0 bridgehead atoms. The molecule has 0 aliphatic rings. The highest BCUT2D eigenvalue weighted by molar-refractivity contribution is 5.53. The highest BCUT2D eigenvalue weighted by Gasteiger charge is 2.12. The zero-order valence-electron chi connectivity index (χ0n) is 12.2. The van der Waals surface area contributed by atoms with Crippen molar-refractivity contribution in [3.05, 3.63) is 59.7 Å². The van der Waals surface area contributed by atoms with Crippen LogP contribution < -0.4 is 10.1 Å². The fourth-order valence-electron chi connectivity index (χ4n) is 2.28. The predicted octanol–water partition coefficient (Wildman–Crippen LogP) is 4.01. The van der Waals surface area contributed by atoms with Crippen LogP contribution in [0.2, 0.25) is 0 Å². The van der Waals surface area contributed by atoms with E-state index in [9.17, 15) is 0 Å². The van der Waals surface area contributed by atoms with Crippen molar-refractivity contribution < 1.29 is 9.47 Å². The minimum absolute atomic E-state index is 0.157. The lowest BCUT2D eigenvalue weighted by Crippen LogP contribution is -2.10. The van der Waals surface area contributed by atoms with Gasteiger partial charge in [-0.1, -0.05) is 36.4 Å². The van der Waals surface area contributed by atoms with Crippen molar-refractivity contribution in [2.45, 2.75) is 19.6 Å². The Bertz CT molecular complexity index is 554. The van der Waals surface area contributed by atoms with Crippen molar-refractivity contribution in [2.24, 2.45) is 0 Å². The molecule has 0 radical (unpaired) electrons. The van der Waals surface area contributed by atoms with Crippen LogP contribution in [0.25, 0.3) is 0 Å². The summed E-state index contributed by atoms with van der Waals surface area (Å²) < 4.78 is 10.7. The lowest BCUT2D eigenvalue weighted by molar-refractivity contribution is 0.185. The van der Waals surface area contributed by atoms with E-state index in [-0.39, 0.29) is 6.04 Å². The molecule has 20 heavy (non-hydrogen) atoms. The molecule has 106 valence electrons. The minimum atomic E-state index is 0.157. The van der Waals surface area contributed by atoms with Crippen LogP contribution >= 0.6 is 0 Å². The van der Waals surface area contributed by atoms with Gasteiger partial charge in [-0.2, -0.15) is 0 Å². The third-order valence-electron chi connectivity index (χ3n) is 3.29. The first-order chi connectivity index (χ1) is 9.76. The summed E-state index contributed by atoms with van der Waals surface area (Å²) in [7, 11) is 3.41. The Morgan fingerprint density at radius 1 is 1.00 bits per heavy atom. The second-order valence-electron chi connectivity index (χ2n) is 4.70. The second kappa shape index (κ2) is 6.96. The van der Waals surface area contributed by atoms with E-state index in [0.29, 0.717) is 6.61 Å². The summed E-state index contributed by atoms with van der Waals surface area (Å²) in [5.74, 6) is 0.900. The molecule has 0 fully saturated rings. The van der Waals surface area contributed by atoms with Crippen LogP contribution in [0.4, 0.5) is 5.69 Å². The average Bonchev–Trinajstić information content (AvgIpc) is 2.49. The first-order valence-corrected chi connectivity index (χ1v) is 6.72. The predicted molar refractivity (Wildman–Crippen MR) is 82.2 cm³/mol. The maximum Gasteiger partial charge on any atom is 0.124 e. The first-order valence-electron chi connectivity index (χ1n) is 6.72. The van der Waals surface area contributed by atoms with Gasteiger partial charge in [0.05, 0.1) is 19.8 Å². The van der Waals surface area contributed by atoms with E-state index in [1.54, 1.807) is 14.2 Å². The normalized spacial score (nSPS) is 11.9. The van der Waals surface area contributed by atoms with Crippen molar-refractivity contribution in [1.29, 1.82) is 0 Å². The van der Waals surface area contributed by atoms with Crippen molar-refractivity contribution in [3.63, 3.8) is 0 Å². The monoisotopic (exact) mass is 271 g/mol. The minimum Gasteiger partial charge on any atom is -0.496 e. The summed E-state index contributed by atoms with van der Waals surface area (Å²) in [4.78, 5) is 0. The molecular weight excluding hydrogens is 250 g/mol. The van der Waals surface area contributed by atoms with Crippen molar-refractivity contribution in [1.82, 2.24) is 0 Å². The van der Waals surface area contributed by atoms with Crippen LogP contribution in [-0.2, 0) is 11.3 Å². The first kappa shape index (κ1) is 14.4. The molecular formula is C17H21NO2. The van der Waals surface area contributed by atoms with Crippen LogP contribution in [-0.4, -0.2) is 14.2 Å². The van der Waals surface area contributed by atoms with Crippen LogP contribution in [0.15, 0.2) is 48.5 Å². The molecule has 1 unspecified atom stereocenters. The number of anilines is 1. The van der Waals surface area contributed by atoms with Crippen LogP contribution in [0.1, 0.15) is 24.1 Å². The number of para-hydroxylation sites is 2. The standard InChI is InChI=1S/C17H21NO2/c1-13(15-9-5-7-11-17(15)20-3)18-16-10-6-4-8-14(16)12-19-2/h4-11,13,18H,12H2,1-3H3. The molecule has 0 saturated carbocycles. The van der Waals surface area contributed by atoms with E-state index < -0.39 is 0 Å². The van der Waals surface area contributed by atoms with Gasteiger partial charge in [-0.05, 0) is 19.1 Å². The van der Waals surface area contributed by atoms with E-state index in [2.05, 4.69) is 30.4 Å². The molecule has 3 nitrogen and oxygen atoms in total. The molecule has 1 N–H and O–H groups in total. The van der Waals surface area contributed by atoms with Crippen molar-refractivity contribution in [2.75, 3.05) is 19.5 Å². The number of nitrogens with one attached hydrogen (secondary N) is 1. The zero-order valence-corrected chi connectivity index (χ0v) is 12.2. The number of hydrogen-bond acceptors (Lipinski definition) is 3. The lowest BCUT2D eigenvalue weighted by Gasteiger charge is -2.20. The van der Waals surface area contributed by atoms with E-state index in [1.807, 2.05) is 30.3 Å². The Hall–Kier alpha value is -2.00. The summed E-state index contributed by atoms with van der Waals surface area (Å²) in [6.07, 6.45) is 0. The quantitative estimate of drug-likeness (QED) is 0.861. The molecule has 2 aromatic rings. The van der Waals surface area contributed by atoms with Gasteiger partial charge in [-0.15, -0.1) is 0 Å². The van der Waals surface area contributed by atoms with Gasteiger partial charge in [-0.25, -0.2) is 0 Å². The highest BCUT2D eigenvalue weighted by Crippen LogP contribution is 2.28. The van der Waals surface area contributed by atoms with E-state index in [4.69, 9.17) is 9.47 Å². The van der Waals surface area contributed by atoms with Gasteiger partial charge in [0.25, 0.3) is 0 Å². The third kappa shape index (κ3) is 3.31. The Labute approximate surface area is 120 Å². The third-order valence-corrected chi connectivity index (χ3v) is 3.29. The number of benzene rings is 2. The van der Waals surface area contributed by atoms with Gasteiger partial charge in [0.2, 0.25) is 0 Å². The molecule has 2 rings (SSSR count). The fourth-order valence-corrected chi connectivity index (χ4v) is 2.28. The van der Waals surface area contributed by atoms with Crippen LogP contribution in [0, 0.1) is 0 Å². The van der Waals surface area contributed by atoms with Gasteiger partial charge in [-0.3, -0.25) is 0 Å². The Balaban J connectivity index is 2.21. The molecule has 2 aromatic carbocycles. The molecule has 3 heteroatoms. The maximum absolute atomic E-state index is 5.42. The van der Waals surface area contributed by atoms with Crippen LogP contribution in [0.3, 0.4) is 0 Å². The van der Waals surface area contributed by atoms with Gasteiger partial charge in [0.1, 0.15) is 5.75 Å². The SMILES string of the molecule is COCc1ccccc1NC(C)c1ccccc1OC. The molecule has 0 spiro atoms. The maximum atomic E-state index is 5.42. The molecule has 0 aliphatic heterocycles. The largest absolute Gasteiger partial charge is 0.496 e. The zero-order chi connectivity index (χ0) is 14.4. The molecule has 1 atom stereocenters. The topological polar surface area (TPSA) is 30.5 Å². The number of rotatable bonds is 6. The number of ether oxygens (including phenoxy) is 2. The Morgan fingerprint density at radius 3 is 2.45 bits per heavy atom. The number of hydrogen-bond donors (Lipinski definition) is 1. The van der Waals surface area contributed by atoms with Crippen molar-refractivity contribution >= 4 is 5.69 Å². The lowest BCUT2D eigenvalue weighted by atomic mass is 10.1. The fraction of sp³-hybridized carbons (Fsp3) is 0.294. The van der Waals surface area contributed by atoms with E-state index in [1.165, 1.54) is 0 Å². The molecule has 0 heterocycles.